The maximum Gasteiger partial charge on any atom is 0.405 e. The number of alkyl halides is 3. The number of rotatable bonds is 7. The topological polar surface area (TPSA) is 109 Å². The van der Waals surface area contributed by atoms with Crippen molar-refractivity contribution in [2.75, 3.05) is 23.7 Å². The molecule has 9 nitrogen and oxygen atoms in total. The fraction of sp³-hybridized carbons (Fsp3) is 0.417. The molecule has 1 aromatic carbocycles. The monoisotopic (exact) mass is 500 g/mol. The minimum atomic E-state index is -4.54. The van der Waals surface area contributed by atoms with E-state index >= 15 is 0 Å². The molecule has 3 aromatic rings. The summed E-state index contributed by atoms with van der Waals surface area (Å²) in [5, 5.41) is 15.8. The van der Waals surface area contributed by atoms with Gasteiger partial charge in [0.15, 0.2) is 5.82 Å². The second-order valence-corrected chi connectivity index (χ2v) is 9.78. The maximum atomic E-state index is 12.6. The van der Waals surface area contributed by atoms with Crippen molar-refractivity contribution < 1.29 is 18.0 Å². The molecule has 5 rings (SSSR count). The number of aromatic nitrogens is 4. The minimum absolute atomic E-state index is 0.00893. The fourth-order valence-electron chi connectivity index (χ4n) is 4.26. The van der Waals surface area contributed by atoms with Crippen LogP contribution >= 0.6 is 0 Å². The number of carbonyl (C=O) groups is 1. The number of hydrogen-bond donors (Lipinski definition) is 4. The molecule has 0 unspecified atom stereocenters. The molecular weight excluding hydrogens is 473 g/mol. The molecule has 1 amide bonds. The zero-order valence-electron chi connectivity index (χ0n) is 19.9. The Morgan fingerprint density at radius 1 is 1.22 bits per heavy atom. The Balaban J connectivity index is 1.41. The quantitative estimate of drug-likeness (QED) is 0.386. The van der Waals surface area contributed by atoms with Crippen LogP contribution in [0.3, 0.4) is 0 Å². The summed E-state index contributed by atoms with van der Waals surface area (Å²) >= 11 is 0. The van der Waals surface area contributed by atoms with Gasteiger partial charge in [0.1, 0.15) is 17.9 Å². The minimum Gasteiger partial charge on any atom is -0.343 e. The summed E-state index contributed by atoms with van der Waals surface area (Å²) in [7, 11) is 0. The molecule has 3 heterocycles. The molecule has 2 aliphatic rings. The lowest BCUT2D eigenvalue weighted by Gasteiger charge is -2.33. The number of nitrogens with zero attached hydrogens (tertiary/aromatic N) is 4. The third kappa shape index (κ3) is 5.43. The van der Waals surface area contributed by atoms with Gasteiger partial charge in [-0.3, -0.25) is 9.48 Å². The highest BCUT2D eigenvalue weighted by molar-refractivity contribution is 5.99. The van der Waals surface area contributed by atoms with E-state index in [9.17, 15) is 18.0 Å². The third-order valence-electron chi connectivity index (χ3n) is 6.23. The van der Waals surface area contributed by atoms with Crippen LogP contribution in [0.5, 0.6) is 0 Å². The summed E-state index contributed by atoms with van der Waals surface area (Å²) < 4.78 is 39.8. The Bertz CT molecular complexity index is 1280. The van der Waals surface area contributed by atoms with E-state index in [0.717, 1.165) is 37.2 Å². The standard InChI is InChI=1S/C24H27F3N8O/c1-23(2)12-28-10-14-9-15(3-6-18(14)23)31-22-29-11-17(21(36)30-13-24(25,26)27)20(33-22)32-19-7-8-35(34-19)16-4-5-16/h3,6-9,11,16,28H,4-5,10,12-13H2,1-2H3,(H,30,36)(H2,29,31,32,33,34). The summed E-state index contributed by atoms with van der Waals surface area (Å²) in [6.45, 7) is 4.53. The zero-order valence-corrected chi connectivity index (χ0v) is 19.9. The predicted molar refractivity (Wildman–Crippen MR) is 129 cm³/mol. The van der Waals surface area contributed by atoms with E-state index in [1.165, 1.54) is 11.8 Å². The van der Waals surface area contributed by atoms with Crippen LogP contribution in [0.4, 0.5) is 36.4 Å². The first-order valence-electron chi connectivity index (χ1n) is 11.7. The fourth-order valence-corrected chi connectivity index (χ4v) is 4.26. The summed E-state index contributed by atoms with van der Waals surface area (Å²) in [6.07, 6.45) is 0.559. The van der Waals surface area contributed by atoms with Crippen LogP contribution in [-0.2, 0) is 12.0 Å². The SMILES string of the molecule is CC1(C)CNCc2cc(Nc3ncc(C(=O)NCC(F)(F)F)c(Nc4ccn(C5CC5)n4)n3)ccc21. The van der Waals surface area contributed by atoms with Gasteiger partial charge in [0.25, 0.3) is 5.91 Å². The van der Waals surface area contributed by atoms with Gasteiger partial charge in [-0.25, -0.2) is 4.98 Å². The number of halogens is 3. The van der Waals surface area contributed by atoms with E-state index in [0.29, 0.717) is 11.9 Å². The van der Waals surface area contributed by atoms with E-state index in [4.69, 9.17) is 0 Å². The highest BCUT2D eigenvalue weighted by Crippen LogP contribution is 2.35. The zero-order chi connectivity index (χ0) is 25.5. The van der Waals surface area contributed by atoms with Gasteiger partial charge in [-0.1, -0.05) is 19.9 Å². The second kappa shape index (κ2) is 9.08. The van der Waals surface area contributed by atoms with Crippen molar-refractivity contribution in [3.05, 3.63) is 53.3 Å². The van der Waals surface area contributed by atoms with Gasteiger partial charge >= 0.3 is 6.18 Å². The Kier molecular flexibility index (Phi) is 6.07. The van der Waals surface area contributed by atoms with Gasteiger partial charge in [-0.2, -0.15) is 23.3 Å². The summed E-state index contributed by atoms with van der Waals surface area (Å²) in [6, 6.07) is 8.09. The molecule has 1 saturated carbocycles. The number of amides is 1. The molecule has 36 heavy (non-hydrogen) atoms. The lowest BCUT2D eigenvalue weighted by Crippen LogP contribution is -2.38. The Labute approximate surface area is 205 Å². The van der Waals surface area contributed by atoms with Gasteiger partial charge in [0.2, 0.25) is 5.95 Å². The van der Waals surface area contributed by atoms with Crippen LogP contribution in [0, 0.1) is 0 Å². The molecule has 2 aromatic heterocycles. The van der Waals surface area contributed by atoms with Crippen molar-refractivity contribution >= 4 is 29.2 Å². The number of nitrogens with one attached hydrogen (secondary N) is 4. The van der Waals surface area contributed by atoms with Crippen LogP contribution in [0.1, 0.15) is 54.2 Å². The first-order chi connectivity index (χ1) is 17.1. The molecule has 0 bridgehead atoms. The van der Waals surface area contributed by atoms with E-state index in [2.05, 4.69) is 50.9 Å². The van der Waals surface area contributed by atoms with Crippen LogP contribution in [0.2, 0.25) is 0 Å². The number of benzene rings is 1. The molecule has 190 valence electrons. The largest absolute Gasteiger partial charge is 0.405 e. The van der Waals surface area contributed by atoms with Gasteiger partial charge in [-0.15, -0.1) is 0 Å². The molecule has 1 aliphatic heterocycles. The average Bonchev–Trinajstić information content (AvgIpc) is 3.56. The van der Waals surface area contributed by atoms with Crippen molar-refractivity contribution in [3.8, 4) is 0 Å². The number of anilines is 4. The van der Waals surface area contributed by atoms with Crippen molar-refractivity contribution in [1.29, 1.82) is 0 Å². The van der Waals surface area contributed by atoms with E-state index < -0.39 is 18.6 Å². The normalized spacial score (nSPS) is 16.8. The number of hydrogen-bond acceptors (Lipinski definition) is 7. The van der Waals surface area contributed by atoms with Gasteiger partial charge < -0.3 is 21.3 Å². The second-order valence-electron chi connectivity index (χ2n) is 9.78. The van der Waals surface area contributed by atoms with Crippen molar-refractivity contribution in [2.24, 2.45) is 0 Å². The van der Waals surface area contributed by atoms with E-state index in [1.807, 2.05) is 28.3 Å². The lowest BCUT2D eigenvalue weighted by molar-refractivity contribution is -0.123. The van der Waals surface area contributed by atoms with E-state index in [1.54, 1.807) is 6.07 Å². The van der Waals surface area contributed by atoms with Gasteiger partial charge in [0, 0.05) is 42.7 Å². The summed E-state index contributed by atoms with van der Waals surface area (Å²) in [5.74, 6) is -0.271. The van der Waals surface area contributed by atoms with E-state index in [-0.39, 0.29) is 22.7 Å². The van der Waals surface area contributed by atoms with Crippen molar-refractivity contribution in [2.45, 2.75) is 50.9 Å². The highest BCUT2D eigenvalue weighted by atomic mass is 19.4. The molecule has 0 atom stereocenters. The molecule has 4 N–H and O–H groups in total. The van der Waals surface area contributed by atoms with Crippen LogP contribution in [0.15, 0.2) is 36.7 Å². The molecule has 1 aliphatic carbocycles. The lowest BCUT2D eigenvalue weighted by atomic mass is 9.79. The Hall–Kier alpha value is -3.67. The van der Waals surface area contributed by atoms with Crippen LogP contribution in [-0.4, -0.2) is 44.9 Å². The van der Waals surface area contributed by atoms with Gasteiger partial charge in [-0.05, 0) is 36.1 Å². The van der Waals surface area contributed by atoms with Crippen LogP contribution in [0.25, 0.3) is 0 Å². The maximum absolute atomic E-state index is 12.6. The number of fused-ring (bicyclic) bond motifs is 1. The first-order valence-corrected chi connectivity index (χ1v) is 11.7. The van der Waals surface area contributed by atoms with Crippen molar-refractivity contribution in [1.82, 2.24) is 30.4 Å². The Morgan fingerprint density at radius 3 is 2.78 bits per heavy atom. The summed E-state index contributed by atoms with van der Waals surface area (Å²) in [5.41, 5.74) is 3.06. The van der Waals surface area contributed by atoms with Crippen LogP contribution < -0.4 is 21.3 Å². The predicted octanol–water partition coefficient (Wildman–Crippen LogP) is 4.17. The molecule has 12 heteroatoms. The smallest absolute Gasteiger partial charge is 0.343 e. The third-order valence-corrected chi connectivity index (χ3v) is 6.23. The first kappa shape index (κ1) is 24.0. The molecular formula is C24H27F3N8O. The number of carbonyl (C=O) groups excluding carboxylic acids is 1. The van der Waals surface area contributed by atoms with Gasteiger partial charge in [0.05, 0.1) is 6.04 Å². The highest BCUT2D eigenvalue weighted by Gasteiger charge is 2.30. The summed E-state index contributed by atoms with van der Waals surface area (Å²) in [4.78, 5) is 21.1. The molecule has 0 saturated heterocycles. The van der Waals surface area contributed by atoms with Crippen molar-refractivity contribution in [3.63, 3.8) is 0 Å². The average molecular weight is 501 g/mol. The molecule has 1 fully saturated rings. The Morgan fingerprint density at radius 2 is 2.03 bits per heavy atom. The molecule has 0 radical (unpaired) electrons. The molecule has 0 spiro atoms.